The van der Waals surface area contributed by atoms with Crippen LogP contribution < -0.4 is 5.32 Å². The van der Waals surface area contributed by atoms with Crippen LogP contribution in [-0.4, -0.2) is 46.6 Å². The number of likely N-dealkylation sites (N-methyl/N-ethyl adjacent to an activating group) is 1. The van der Waals surface area contributed by atoms with Crippen LogP contribution in [0.2, 0.25) is 0 Å². The molecule has 1 aromatic heterocycles. The Kier molecular flexibility index (Phi) is 6.36. The first kappa shape index (κ1) is 19.9. The number of carbonyl (C=O) groups is 2. The number of imidazole rings is 1. The smallest absolute Gasteiger partial charge is 0.251 e. The van der Waals surface area contributed by atoms with E-state index in [-0.39, 0.29) is 18.4 Å². The van der Waals surface area contributed by atoms with Crippen molar-refractivity contribution in [2.24, 2.45) is 0 Å². The summed E-state index contributed by atoms with van der Waals surface area (Å²) in [7, 11) is 3.40. The number of nitrogens with one attached hydrogen (secondary N) is 1. The van der Waals surface area contributed by atoms with Gasteiger partial charge >= 0.3 is 0 Å². The van der Waals surface area contributed by atoms with E-state index in [4.69, 9.17) is 0 Å². The lowest BCUT2D eigenvalue weighted by atomic mass is 10.1. The SMILES string of the molecule is CNC(=O)c1ccc(CN(C)C(=O)Cn2c(CSC)nc3ccccc32)cc1. The zero-order chi connectivity index (χ0) is 20.1. The molecule has 0 radical (unpaired) electrons. The number of rotatable bonds is 7. The maximum Gasteiger partial charge on any atom is 0.251 e. The maximum atomic E-state index is 12.8. The number of thioether (sulfide) groups is 1. The lowest BCUT2D eigenvalue weighted by Gasteiger charge is -2.19. The van der Waals surface area contributed by atoms with E-state index >= 15 is 0 Å². The normalized spacial score (nSPS) is 10.8. The van der Waals surface area contributed by atoms with Crippen molar-refractivity contribution in [3.05, 3.63) is 65.5 Å². The van der Waals surface area contributed by atoms with Crippen molar-refractivity contribution in [3.63, 3.8) is 0 Å². The van der Waals surface area contributed by atoms with E-state index in [1.807, 2.05) is 47.2 Å². The van der Waals surface area contributed by atoms with Gasteiger partial charge in [-0.2, -0.15) is 11.8 Å². The van der Waals surface area contributed by atoms with Crippen molar-refractivity contribution < 1.29 is 9.59 Å². The molecule has 0 saturated carbocycles. The van der Waals surface area contributed by atoms with Crippen molar-refractivity contribution in [3.8, 4) is 0 Å². The fraction of sp³-hybridized carbons (Fsp3) is 0.286. The Balaban J connectivity index is 1.73. The molecule has 1 heterocycles. The van der Waals surface area contributed by atoms with Crippen LogP contribution in [0.4, 0.5) is 0 Å². The van der Waals surface area contributed by atoms with Gasteiger partial charge in [-0.1, -0.05) is 24.3 Å². The van der Waals surface area contributed by atoms with Crippen molar-refractivity contribution in [1.82, 2.24) is 19.8 Å². The number of hydrogen-bond acceptors (Lipinski definition) is 4. The number of nitrogens with zero attached hydrogens (tertiary/aromatic N) is 3. The molecule has 0 aliphatic rings. The molecule has 6 nitrogen and oxygen atoms in total. The third-order valence-electron chi connectivity index (χ3n) is 4.59. The third-order valence-corrected chi connectivity index (χ3v) is 5.14. The van der Waals surface area contributed by atoms with Crippen molar-refractivity contribution in [2.75, 3.05) is 20.4 Å². The van der Waals surface area contributed by atoms with Crippen LogP contribution >= 0.6 is 11.8 Å². The summed E-state index contributed by atoms with van der Waals surface area (Å²) in [6.07, 6.45) is 2.03. The summed E-state index contributed by atoms with van der Waals surface area (Å²) >= 11 is 1.69. The highest BCUT2D eigenvalue weighted by Crippen LogP contribution is 2.19. The Bertz CT molecular complexity index is 982. The van der Waals surface area contributed by atoms with E-state index in [1.54, 1.807) is 42.9 Å². The van der Waals surface area contributed by atoms with Gasteiger partial charge in [0.05, 0.1) is 16.8 Å². The van der Waals surface area contributed by atoms with Gasteiger partial charge in [0.15, 0.2) is 0 Å². The Morgan fingerprint density at radius 2 is 1.86 bits per heavy atom. The van der Waals surface area contributed by atoms with Crippen LogP contribution in [0.1, 0.15) is 21.7 Å². The monoisotopic (exact) mass is 396 g/mol. The predicted molar refractivity (Wildman–Crippen MR) is 113 cm³/mol. The first-order valence-corrected chi connectivity index (χ1v) is 10.4. The van der Waals surface area contributed by atoms with Gasteiger partial charge in [-0.25, -0.2) is 4.98 Å². The zero-order valence-corrected chi connectivity index (χ0v) is 17.1. The van der Waals surface area contributed by atoms with E-state index in [0.717, 1.165) is 28.2 Å². The molecule has 2 amide bonds. The molecule has 3 rings (SSSR count). The van der Waals surface area contributed by atoms with E-state index in [9.17, 15) is 9.59 Å². The van der Waals surface area contributed by atoms with Crippen LogP contribution in [-0.2, 0) is 23.6 Å². The lowest BCUT2D eigenvalue weighted by Crippen LogP contribution is -2.30. The Labute approximate surface area is 168 Å². The second kappa shape index (κ2) is 8.93. The molecule has 0 spiro atoms. The summed E-state index contributed by atoms with van der Waals surface area (Å²) in [6.45, 7) is 0.737. The number of amides is 2. The van der Waals surface area contributed by atoms with Gasteiger partial charge in [-0.05, 0) is 36.1 Å². The molecule has 0 aliphatic heterocycles. The quantitative estimate of drug-likeness (QED) is 0.667. The minimum atomic E-state index is -0.121. The van der Waals surface area contributed by atoms with E-state index in [1.165, 1.54) is 0 Å². The van der Waals surface area contributed by atoms with Gasteiger partial charge in [0.25, 0.3) is 5.91 Å². The number of hydrogen-bond donors (Lipinski definition) is 1. The average molecular weight is 397 g/mol. The molecular weight excluding hydrogens is 372 g/mol. The molecule has 0 fully saturated rings. The van der Waals surface area contributed by atoms with Crippen molar-refractivity contribution >= 4 is 34.6 Å². The predicted octanol–water partition coefficient (Wildman–Crippen LogP) is 2.92. The van der Waals surface area contributed by atoms with Crippen molar-refractivity contribution in [2.45, 2.75) is 18.8 Å². The molecule has 7 heteroatoms. The first-order chi connectivity index (χ1) is 13.5. The highest BCUT2D eigenvalue weighted by Gasteiger charge is 2.16. The third kappa shape index (κ3) is 4.36. The molecule has 1 N–H and O–H groups in total. The fourth-order valence-corrected chi connectivity index (χ4v) is 3.54. The molecule has 28 heavy (non-hydrogen) atoms. The van der Waals surface area contributed by atoms with E-state index in [2.05, 4.69) is 10.3 Å². The number of carbonyl (C=O) groups excluding carboxylic acids is 2. The van der Waals surface area contributed by atoms with Crippen LogP contribution in [0.3, 0.4) is 0 Å². The van der Waals surface area contributed by atoms with Crippen LogP contribution in [0, 0.1) is 0 Å². The molecule has 3 aromatic rings. The summed E-state index contributed by atoms with van der Waals surface area (Å²) in [6, 6.07) is 15.2. The largest absolute Gasteiger partial charge is 0.355 e. The fourth-order valence-electron chi connectivity index (χ4n) is 3.06. The summed E-state index contributed by atoms with van der Waals surface area (Å²) in [4.78, 5) is 30.8. The molecule has 146 valence electrons. The molecule has 0 saturated heterocycles. The molecule has 2 aromatic carbocycles. The Morgan fingerprint density at radius 3 is 2.54 bits per heavy atom. The second-order valence-corrected chi connectivity index (χ2v) is 7.43. The number of aromatic nitrogens is 2. The maximum absolute atomic E-state index is 12.8. The van der Waals surface area contributed by atoms with E-state index < -0.39 is 0 Å². The van der Waals surface area contributed by atoms with Gasteiger partial charge < -0.3 is 14.8 Å². The molecule has 0 aliphatic carbocycles. The minimum Gasteiger partial charge on any atom is -0.355 e. The second-order valence-electron chi connectivity index (χ2n) is 6.56. The highest BCUT2D eigenvalue weighted by molar-refractivity contribution is 7.97. The molecular formula is C21H24N4O2S. The molecule has 0 bridgehead atoms. The number of benzene rings is 2. The average Bonchev–Trinajstić information content (AvgIpc) is 3.05. The Morgan fingerprint density at radius 1 is 1.14 bits per heavy atom. The van der Waals surface area contributed by atoms with Gasteiger partial charge in [0.1, 0.15) is 12.4 Å². The molecule has 0 atom stereocenters. The van der Waals surface area contributed by atoms with Crippen molar-refractivity contribution in [1.29, 1.82) is 0 Å². The molecule has 0 unspecified atom stereocenters. The zero-order valence-electron chi connectivity index (χ0n) is 16.3. The summed E-state index contributed by atoms with van der Waals surface area (Å²) < 4.78 is 2.00. The summed E-state index contributed by atoms with van der Waals surface area (Å²) in [5.41, 5.74) is 3.46. The van der Waals surface area contributed by atoms with Gasteiger partial charge in [0.2, 0.25) is 5.91 Å². The number of para-hydroxylation sites is 2. The topological polar surface area (TPSA) is 67.2 Å². The highest BCUT2D eigenvalue weighted by atomic mass is 32.2. The van der Waals surface area contributed by atoms with Crippen LogP contribution in [0.25, 0.3) is 11.0 Å². The van der Waals surface area contributed by atoms with Gasteiger partial charge in [0, 0.05) is 26.2 Å². The van der Waals surface area contributed by atoms with Crippen LogP contribution in [0.15, 0.2) is 48.5 Å². The summed E-state index contributed by atoms with van der Waals surface area (Å²) in [5.74, 6) is 1.56. The summed E-state index contributed by atoms with van der Waals surface area (Å²) in [5, 5.41) is 2.60. The minimum absolute atomic E-state index is 0.0147. The van der Waals surface area contributed by atoms with E-state index in [0.29, 0.717) is 12.1 Å². The van der Waals surface area contributed by atoms with Crippen LogP contribution in [0.5, 0.6) is 0 Å². The lowest BCUT2D eigenvalue weighted by molar-refractivity contribution is -0.131. The van der Waals surface area contributed by atoms with Gasteiger partial charge in [-0.15, -0.1) is 0 Å². The first-order valence-electron chi connectivity index (χ1n) is 9.01. The Hall–Kier alpha value is -2.80. The standard InChI is InChI=1S/C21H24N4O2S/c1-22-21(27)16-10-8-15(9-11-16)12-24(2)20(26)13-25-18-7-5-4-6-17(18)23-19(25)14-28-3/h4-11H,12-14H2,1-3H3,(H,22,27). The number of fused-ring (bicyclic) bond motifs is 1. The van der Waals surface area contributed by atoms with Gasteiger partial charge in [-0.3, -0.25) is 9.59 Å².